The van der Waals surface area contributed by atoms with Crippen molar-refractivity contribution in [2.24, 2.45) is 0 Å². The highest BCUT2D eigenvalue weighted by molar-refractivity contribution is 7.91. The van der Waals surface area contributed by atoms with Crippen LogP contribution in [0.15, 0.2) is 60.7 Å². The molecule has 5 heteroatoms. The summed E-state index contributed by atoms with van der Waals surface area (Å²) in [5, 5.41) is 0. The zero-order valence-electron chi connectivity index (χ0n) is 15.5. The average Bonchev–Trinajstić information content (AvgIpc) is 3.05. The molecule has 1 fully saturated rings. The van der Waals surface area contributed by atoms with Crippen LogP contribution in [0.3, 0.4) is 0 Å². The first-order chi connectivity index (χ1) is 13.0. The summed E-state index contributed by atoms with van der Waals surface area (Å²) in [7, 11) is -3.06. The largest absolute Gasteiger partial charge is 0.331 e. The van der Waals surface area contributed by atoms with Crippen LogP contribution in [0.1, 0.15) is 30.0 Å². The molecule has 1 amide bonds. The van der Waals surface area contributed by atoms with Crippen molar-refractivity contribution in [1.82, 2.24) is 4.90 Å². The van der Waals surface area contributed by atoms with E-state index in [2.05, 4.69) is 19.1 Å². The van der Waals surface area contributed by atoms with Gasteiger partial charge in [0.05, 0.1) is 11.5 Å². The van der Waals surface area contributed by atoms with Gasteiger partial charge in [-0.3, -0.25) is 4.79 Å². The minimum absolute atomic E-state index is 0.0466. The number of carbonyl (C=O) groups is 1. The van der Waals surface area contributed by atoms with Gasteiger partial charge in [-0.1, -0.05) is 61.5 Å². The van der Waals surface area contributed by atoms with Gasteiger partial charge in [0.15, 0.2) is 9.84 Å². The van der Waals surface area contributed by atoms with Gasteiger partial charge < -0.3 is 4.90 Å². The van der Waals surface area contributed by atoms with Crippen molar-refractivity contribution in [2.45, 2.75) is 32.4 Å². The van der Waals surface area contributed by atoms with Gasteiger partial charge in [0.25, 0.3) is 0 Å². The Bertz CT molecular complexity index is 902. The first kappa shape index (κ1) is 19.4. The van der Waals surface area contributed by atoms with E-state index in [-0.39, 0.29) is 23.5 Å². The summed E-state index contributed by atoms with van der Waals surface area (Å²) >= 11 is 0. The standard InChI is InChI=1S/C22H25NO3S/c1-2-18-8-10-20(11-9-18)16-23(21-14-15-27(25,26)17-21)22(24)13-12-19-6-4-3-5-7-19/h3-13,21H,2,14-17H2,1H3/b13-12+/t21-/m1/s1. The van der Waals surface area contributed by atoms with E-state index in [0.29, 0.717) is 13.0 Å². The van der Waals surface area contributed by atoms with Gasteiger partial charge in [0.1, 0.15) is 0 Å². The molecule has 2 aromatic carbocycles. The number of sulfone groups is 1. The molecule has 1 aliphatic rings. The maximum absolute atomic E-state index is 12.9. The normalized spacial score (nSPS) is 18.6. The van der Waals surface area contributed by atoms with Crippen molar-refractivity contribution in [2.75, 3.05) is 11.5 Å². The summed E-state index contributed by atoms with van der Waals surface area (Å²) in [6.07, 6.45) is 4.78. The van der Waals surface area contributed by atoms with Gasteiger partial charge in [-0.05, 0) is 35.6 Å². The van der Waals surface area contributed by atoms with Gasteiger partial charge >= 0.3 is 0 Å². The van der Waals surface area contributed by atoms with E-state index in [4.69, 9.17) is 0 Å². The number of carbonyl (C=O) groups excluding carboxylic acids is 1. The second-order valence-electron chi connectivity index (χ2n) is 6.94. The van der Waals surface area contributed by atoms with Crippen LogP contribution in [0.2, 0.25) is 0 Å². The summed E-state index contributed by atoms with van der Waals surface area (Å²) in [5.74, 6) is 0.0457. The van der Waals surface area contributed by atoms with Crippen LogP contribution in [0, 0.1) is 0 Å². The molecule has 0 bridgehead atoms. The van der Waals surface area contributed by atoms with Crippen LogP contribution in [-0.2, 0) is 27.6 Å². The molecule has 4 nitrogen and oxygen atoms in total. The van der Waals surface area contributed by atoms with Crippen molar-refractivity contribution in [3.63, 3.8) is 0 Å². The minimum atomic E-state index is -3.06. The molecule has 0 aromatic heterocycles. The highest BCUT2D eigenvalue weighted by Crippen LogP contribution is 2.21. The Morgan fingerprint density at radius 2 is 1.74 bits per heavy atom. The maximum atomic E-state index is 12.9. The van der Waals surface area contributed by atoms with Crippen molar-refractivity contribution < 1.29 is 13.2 Å². The lowest BCUT2D eigenvalue weighted by Crippen LogP contribution is -2.39. The van der Waals surface area contributed by atoms with Crippen LogP contribution >= 0.6 is 0 Å². The molecule has 0 N–H and O–H groups in total. The van der Waals surface area contributed by atoms with E-state index in [1.807, 2.05) is 42.5 Å². The molecule has 27 heavy (non-hydrogen) atoms. The topological polar surface area (TPSA) is 54.5 Å². The number of rotatable bonds is 6. The smallest absolute Gasteiger partial charge is 0.247 e. The Morgan fingerprint density at radius 3 is 2.33 bits per heavy atom. The molecule has 1 heterocycles. The first-order valence-electron chi connectivity index (χ1n) is 9.29. The Hall–Kier alpha value is -2.40. The molecule has 0 unspecified atom stereocenters. The van der Waals surface area contributed by atoms with E-state index in [0.717, 1.165) is 17.5 Å². The SMILES string of the molecule is CCc1ccc(CN(C(=O)/C=C/c2ccccc2)[C@@H]2CCS(=O)(=O)C2)cc1. The minimum Gasteiger partial charge on any atom is -0.331 e. The summed E-state index contributed by atoms with van der Waals surface area (Å²) in [5.41, 5.74) is 3.19. The van der Waals surface area contributed by atoms with Gasteiger partial charge in [-0.15, -0.1) is 0 Å². The molecule has 142 valence electrons. The third-order valence-corrected chi connectivity index (χ3v) is 6.68. The molecule has 1 atom stereocenters. The molecular weight excluding hydrogens is 358 g/mol. The van der Waals surface area contributed by atoms with Crippen LogP contribution < -0.4 is 0 Å². The molecule has 0 spiro atoms. The summed E-state index contributed by atoms with van der Waals surface area (Å²) in [4.78, 5) is 14.6. The molecule has 3 rings (SSSR count). The number of amides is 1. The monoisotopic (exact) mass is 383 g/mol. The third kappa shape index (κ3) is 5.30. The van der Waals surface area contributed by atoms with E-state index < -0.39 is 9.84 Å². The fraction of sp³-hybridized carbons (Fsp3) is 0.318. The maximum Gasteiger partial charge on any atom is 0.247 e. The van der Waals surface area contributed by atoms with Crippen LogP contribution in [0.5, 0.6) is 0 Å². The highest BCUT2D eigenvalue weighted by Gasteiger charge is 2.34. The lowest BCUT2D eigenvalue weighted by atomic mass is 10.1. The van der Waals surface area contributed by atoms with Crippen molar-refractivity contribution in [1.29, 1.82) is 0 Å². The van der Waals surface area contributed by atoms with E-state index >= 15 is 0 Å². The fourth-order valence-electron chi connectivity index (χ4n) is 3.31. The second kappa shape index (κ2) is 8.53. The fourth-order valence-corrected chi connectivity index (χ4v) is 5.04. The van der Waals surface area contributed by atoms with Crippen LogP contribution in [0.25, 0.3) is 6.08 Å². The van der Waals surface area contributed by atoms with Gasteiger partial charge in [0.2, 0.25) is 5.91 Å². The Kier molecular flexibility index (Phi) is 6.11. The van der Waals surface area contributed by atoms with Crippen LogP contribution in [-0.4, -0.2) is 36.8 Å². The van der Waals surface area contributed by atoms with E-state index in [1.54, 1.807) is 17.1 Å². The van der Waals surface area contributed by atoms with Crippen molar-refractivity contribution in [3.05, 3.63) is 77.4 Å². The Morgan fingerprint density at radius 1 is 1.07 bits per heavy atom. The molecular formula is C22H25NO3S. The third-order valence-electron chi connectivity index (χ3n) is 4.93. The van der Waals surface area contributed by atoms with Crippen LogP contribution in [0.4, 0.5) is 0 Å². The summed E-state index contributed by atoms with van der Waals surface area (Å²) in [6, 6.07) is 17.5. The molecule has 0 saturated carbocycles. The summed E-state index contributed by atoms with van der Waals surface area (Å²) < 4.78 is 23.9. The summed E-state index contributed by atoms with van der Waals surface area (Å²) in [6.45, 7) is 2.52. The molecule has 1 saturated heterocycles. The zero-order valence-corrected chi connectivity index (χ0v) is 16.4. The molecule has 0 aliphatic carbocycles. The van der Waals surface area contributed by atoms with Crippen molar-refractivity contribution in [3.8, 4) is 0 Å². The van der Waals surface area contributed by atoms with Gasteiger partial charge in [0, 0.05) is 18.7 Å². The van der Waals surface area contributed by atoms with Crippen molar-refractivity contribution >= 4 is 21.8 Å². The average molecular weight is 384 g/mol. The second-order valence-corrected chi connectivity index (χ2v) is 9.17. The lowest BCUT2D eigenvalue weighted by molar-refractivity contribution is -0.128. The Labute approximate surface area is 161 Å². The lowest BCUT2D eigenvalue weighted by Gasteiger charge is -2.27. The Balaban J connectivity index is 1.80. The first-order valence-corrected chi connectivity index (χ1v) is 11.1. The number of nitrogens with zero attached hydrogens (tertiary/aromatic N) is 1. The van der Waals surface area contributed by atoms with Gasteiger partial charge in [-0.25, -0.2) is 8.42 Å². The molecule has 1 aliphatic heterocycles. The molecule has 0 radical (unpaired) electrons. The number of hydrogen-bond acceptors (Lipinski definition) is 3. The number of hydrogen-bond donors (Lipinski definition) is 0. The number of aryl methyl sites for hydroxylation is 1. The van der Waals surface area contributed by atoms with E-state index in [1.165, 1.54) is 5.56 Å². The highest BCUT2D eigenvalue weighted by atomic mass is 32.2. The molecule has 2 aromatic rings. The van der Waals surface area contributed by atoms with E-state index in [9.17, 15) is 13.2 Å². The quantitative estimate of drug-likeness (QED) is 0.718. The van der Waals surface area contributed by atoms with Gasteiger partial charge in [-0.2, -0.15) is 0 Å². The predicted molar refractivity (Wildman–Crippen MR) is 109 cm³/mol. The number of benzene rings is 2. The predicted octanol–water partition coefficient (Wildman–Crippen LogP) is 3.48. The zero-order chi connectivity index (χ0) is 19.3.